The lowest BCUT2D eigenvalue weighted by Gasteiger charge is -2.14. The number of fused-ring (bicyclic) bond motifs is 10. The molecule has 0 atom stereocenters. The zero-order valence-corrected chi connectivity index (χ0v) is 24.0. The van der Waals surface area contributed by atoms with Crippen LogP contribution in [0, 0.1) is 0 Å². The monoisotopic (exact) mass is 564 g/mol. The highest BCUT2D eigenvalue weighted by atomic mass is 32.1. The zero-order chi connectivity index (χ0) is 28.3. The summed E-state index contributed by atoms with van der Waals surface area (Å²) in [5.74, 6) is 0.729. The Kier molecular flexibility index (Phi) is 5.40. The molecular formula is C40H24N2S. The van der Waals surface area contributed by atoms with Crippen LogP contribution in [-0.4, -0.2) is 9.97 Å². The van der Waals surface area contributed by atoms with E-state index >= 15 is 0 Å². The fourth-order valence-electron chi connectivity index (χ4n) is 6.49. The van der Waals surface area contributed by atoms with Gasteiger partial charge in [-0.25, -0.2) is 9.97 Å². The number of hydrogen-bond donors (Lipinski definition) is 0. The number of aromatic nitrogens is 2. The Labute approximate surface area is 252 Å². The molecule has 0 saturated carbocycles. The lowest BCUT2D eigenvalue weighted by Crippen LogP contribution is -1.96. The van der Waals surface area contributed by atoms with Gasteiger partial charge in [-0.3, -0.25) is 0 Å². The van der Waals surface area contributed by atoms with Gasteiger partial charge in [0.05, 0.1) is 11.4 Å². The van der Waals surface area contributed by atoms with Gasteiger partial charge in [0, 0.05) is 36.9 Å². The minimum Gasteiger partial charge on any atom is -0.228 e. The van der Waals surface area contributed by atoms with E-state index in [-0.39, 0.29) is 0 Å². The molecule has 0 bridgehead atoms. The molecule has 2 nitrogen and oxygen atoms in total. The van der Waals surface area contributed by atoms with Crippen molar-refractivity contribution >= 4 is 63.8 Å². The molecule has 43 heavy (non-hydrogen) atoms. The first-order valence-electron chi connectivity index (χ1n) is 14.5. The number of benzene rings is 7. The van der Waals surface area contributed by atoms with Crippen molar-refractivity contribution in [1.82, 2.24) is 9.97 Å². The molecule has 0 spiro atoms. The average molecular weight is 565 g/mol. The SMILES string of the molecule is c1ccc(-c2cc(-c3ccc4c(c3)c3ccccc3c3c4ccc4sc5ccccc5c43)nc(-c3ccccc3)n2)cc1. The van der Waals surface area contributed by atoms with Crippen LogP contribution in [0.4, 0.5) is 0 Å². The van der Waals surface area contributed by atoms with Gasteiger partial charge in [0.1, 0.15) is 0 Å². The summed E-state index contributed by atoms with van der Waals surface area (Å²) in [4.78, 5) is 10.1. The molecule has 2 heterocycles. The first kappa shape index (κ1) is 24.2. The summed E-state index contributed by atoms with van der Waals surface area (Å²) in [5.41, 5.74) is 4.99. The third-order valence-corrected chi connectivity index (χ3v) is 9.60. The average Bonchev–Trinajstić information content (AvgIpc) is 3.47. The van der Waals surface area contributed by atoms with Crippen LogP contribution in [0.3, 0.4) is 0 Å². The molecular weight excluding hydrogens is 541 g/mol. The third-order valence-electron chi connectivity index (χ3n) is 8.46. The lowest BCUT2D eigenvalue weighted by molar-refractivity contribution is 1.18. The second-order valence-corrected chi connectivity index (χ2v) is 12.0. The molecule has 0 radical (unpaired) electrons. The Morgan fingerprint density at radius 2 is 0.930 bits per heavy atom. The van der Waals surface area contributed by atoms with E-state index in [0.29, 0.717) is 0 Å². The van der Waals surface area contributed by atoms with Crippen molar-refractivity contribution in [2.75, 3.05) is 0 Å². The summed E-state index contributed by atoms with van der Waals surface area (Å²) in [6, 6.07) is 51.8. The molecule has 0 amide bonds. The van der Waals surface area contributed by atoms with Crippen molar-refractivity contribution in [3.8, 4) is 33.9 Å². The van der Waals surface area contributed by atoms with Crippen LogP contribution in [0.1, 0.15) is 0 Å². The molecule has 0 N–H and O–H groups in total. The molecule has 9 rings (SSSR count). The number of nitrogens with zero attached hydrogens (tertiary/aromatic N) is 2. The van der Waals surface area contributed by atoms with Crippen LogP contribution >= 0.6 is 11.3 Å². The van der Waals surface area contributed by atoms with E-state index in [1.54, 1.807) is 0 Å². The van der Waals surface area contributed by atoms with Crippen molar-refractivity contribution in [2.45, 2.75) is 0 Å². The first-order chi connectivity index (χ1) is 21.3. The molecule has 0 unspecified atom stereocenters. The van der Waals surface area contributed by atoms with Crippen molar-refractivity contribution < 1.29 is 0 Å². The van der Waals surface area contributed by atoms with Crippen LogP contribution in [0.25, 0.3) is 86.4 Å². The molecule has 0 aliphatic carbocycles. The van der Waals surface area contributed by atoms with Crippen molar-refractivity contribution in [3.63, 3.8) is 0 Å². The van der Waals surface area contributed by atoms with E-state index < -0.39 is 0 Å². The van der Waals surface area contributed by atoms with Crippen molar-refractivity contribution in [1.29, 1.82) is 0 Å². The third kappa shape index (κ3) is 3.86. The topological polar surface area (TPSA) is 25.8 Å². The highest BCUT2D eigenvalue weighted by Gasteiger charge is 2.16. The fourth-order valence-corrected chi connectivity index (χ4v) is 7.60. The van der Waals surface area contributed by atoms with E-state index in [1.807, 2.05) is 35.6 Å². The molecule has 200 valence electrons. The van der Waals surface area contributed by atoms with Gasteiger partial charge in [-0.2, -0.15) is 0 Å². The van der Waals surface area contributed by atoms with Crippen LogP contribution < -0.4 is 0 Å². The Morgan fingerprint density at radius 1 is 0.349 bits per heavy atom. The highest BCUT2D eigenvalue weighted by Crippen LogP contribution is 2.45. The molecule has 9 aromatic rings. The van der Waals surface area contributed by atoms with Gasteiger partial charge in [0.2, 0.25) is 0 Å². The van der Waals surface area contributed by atoms with Gasteiger partial charge in [0.15, 0.2) is 5.82 Å². The molecule has 0 fully saturated rings. The summed E-state index contributed by atoms with van der Waals surface area (Å²) < 4.78 is 2.66. The van der Waals surface area contributed by atoms with Gasteiger partial charge >= 0.3 is 0 Å². The van der Waals surface area contributed by atoms with Crippen LogP contribution in [-0.2, 0) is 0 Å². The minimum atomic E-state index is 0.729. The van der Waals surface area contributed by atoms with E-state index in [4.69, 9.17) is 9.97 Å². The summed E-state index contributed by atoms with van der Waals surface area (Å²) in [6.07, 6.45) is 0. The van der Waals surface area contributed by atoms with Crippen molar-refractivity contribution in [3.05, 3.63) is 146 Å². The zero-order valence-electron chi connectivity index (χ0n) is 23.2. The molecule has 2 aromatic heterocycles. The maximum absolute atomic E-state index is 5.11. The Bertz CT molecular complexity index is 2420. The van der Waals surface area contributed by atoms with Crippen molar-refractivity contribution in [2.24, 2.45) is 0 Å². The normalized spacial score (nSPS) is 11.7. The molecule has 0 aliphatic rings. The predicted octanol–water partition coefficient (Wildman–Crippen LogP) is 11.3. The Balaban J connectivity index is 1.34. The van der Waals surface area contributed by atoms with Gasteiger partial charge in [0.25, 0.3) is 0 Å². The largest absolute Gasteiger partial charge is 0.228 e. The second-order valence-electron chi connectivity index (χ2n) is 11.0. The summed E-state index contributed by atoms with van der Waals surface area (Å²) >= 11 is 1.87. The number of rotatable bonds is 3. The van der Waals surface area contributed by atoms with Gasteiger partial charge < -0.3 is 0 Å². The molecule has 3 heteroatoms. The standard InChI is InChI=1S/C40H24N2S/c1-3-11-25(12-4-1)34-24-35(42-40(41-34)26-13-5-2-6-14-26)27-19-20-29-31-21-22-37-39(32-17-9-10-18-36(32)43-37)38(31)30-16-8-7-15-28(30)33(29)23-27/h1-24H. The summed E-state index contributed by atoms with van der Waals surface area (Å²) in [5, 5.41) is 10.4. The Hall–Kier alpha value is -5.38. The summed E-state index contributed by atoms with van der Waals surface area (Å²) in [6.45, 7) is 0. The van der Waals surface area contributed by atoms with Gasteiger partial charge in [-0.15, -0.1) is 11.3 Å². The molecule has 7 aromatic carbocycles. The van der Waals surface area contributed by atoms with Gasteiger partial charge in [-0.1, -0.05) is 121 Å². The van der Waals surface area contributed by atoms with Crippen LogP contribution in [0.15, 0.2) is 146 Å². The lowest BCUT2D eigenvalue weighted by atomic mass is 9.90. The van der Waals surface area contributed by atoms with E-state index in [1.165, 1.54) is 52.5 Å². The molecule has 0 saturated heterocycles. The van der Waals surface area contributed by atoms with Crippen LogP contribution in [0.5, 0.6) is 0 Å². The van der Waals surface area contributed by atoms with Gasteiger partial charge in [-0.05, 0) is 56.6 Å². The Morgan fingerprint density at radius 3 is 1.72 bits per heavy atom. The van der Waals surface area contributed by atoms with E-state index in [9.17, 15) is 0 Å². The quantitative estimate of drug-likeness (QED) is 0.199. The highest BCUT2D eigenvalue weighted by molar-refractivity contribution is 7.26. The minimum absolute atomic E-state index is 0.729. The molecule has 0 aliphatic heterocycles. The first-order valence-corrected chi connectivity index (χ1v) is 15.3. The van der Waals surface area contributed by atoms with Crippen LogP contribution in [0.2, 0.25) is 0 Å². The number of hydrogen-bond acceptors (Lipinski definition) is 3. The predicted molar refractivity (Wildman–Crippen MR) is 184 cm³/mol. The maximum Gasteiger partial charge on any atom is 0.160 e. The maximum atomic E-state index is 5.11. The van der Waals surface area contributed by atoms with E-state index in [0.717, 1.165) is 33.9 Å². The fraction of sp³-hybridized carbons (Fsp3) is 0. The summed E-state index contributed by atoms with van der Waals surface area (Å²) in [7, 11) is 0. The van der Waals surface area contributed by atoms with E-state index in [2.05, 4.69) is 121 Å². The smallest absolute Gasteiger partial charge is 0.160 e. The second kappa shape index (κ2) is 9.59. The number of thiophene rings is 1.